The molecule has 0 aliphatic carbocycles. The minimum absolute atomic E-state index is 0.0177. The highest BCUT2D eigenvalue weighted by atomic mass is 127. The molecule has 6 nitrogen and oxygen atoms in total. The number of hydrogen-bond acceptors (Lipinski definition) is 4. The Balaban J connectivity index is 3.13. The van der Waals surface area contributed by atoms with Crippen molar-refractivity contribution in [3.8, 4) is 0 Å². The molecule has 1 aromatic carbocycles. The molecule has 0 heterocycles. The number of carboxylic acids is 1. The molecule has 0 aliphatic rings. The number of benzene rings is 1. The van der Waals surface area contributed by atoms with Crippen molar-refractivity contribution in [3.05, 3.63) is 31.9 Å². The van der Waals surface area contributed by atoms with Gasteiger partial charge < -0.3 is 10.0 Å². The summed E-state index contributed by atoms with van der Waals surface area (Å²) in [4.78, 5) is 21.1. The molecular formula is C10H8F3IN2O4. The van der Waals surface area contributed by atoms with Crippen molar-refractivity contribution in [2.24, 2.45) is 0 Å². The third-order valence-corrected chi connectivity index (χ3v) is 3.04. The van der Waals surface area contributed by atoms with Crippen LogP contribution in [0.4, 0.5) is 24.5 Å². The van der Waals surface area contributed by atoms with Crippen LogP contribution in [-0.2, 0) is 4.79 Å². The molecule has 110 valence electrons. The van der Waals surface area contributed by atoms with Crippen LogP contribution in [0.15, 0.2) is 18.2 Å². The van der Waals surface area contributed by atoms with E-state index in [0.717, 1.165) is 18.2 Å². The summed E-state index contributed by atoms with van der Waals surface area (Å²) in [6.07, 6.45) is -4.58. The highest BCUT2D eigenvalue weighted by Crippen LogP contribution is 2.29. The third kappa shape index (κ3) is 4.83. The quantitative estimate of drug-likeness (QED) is 0.464. The van der Waals surface area contributed by atoms with Gasteiger partial charge in [0.25, 0.3) is 5.69 Å². The fourth-order valence-corrected chi connectivity index (χ4v) is 2.31. The first kappa shape index (κ1) is 16.5. The number of carboxylic acid groups (broad SMARTS) is 1. The van der Waals surface area contributed by atoms with Crippen molar-refractivity contribution in [3.63, 3.8) is 0 Å². The molecule has 0 saturated carbocycles. The van der Waals surface area contributed by atoms with Crippen LogP contribution in [0.3, 0.4) is 0 Å². The van der Waals surface area contributed by atoms with Crippen LogP contribution >= 0.6 is 22.6 Å². The van der Waals surface area contributed by atoms with Crippen molar-refractivity contribution in [1.82, 2.24) is 0 Å². The molecule has 0 saturated heterocycles. The molecule has 1 N–H and O–H groups in total. The van der Waals surface area contributed by atoms with Gasteiger partial charge in [-0.25, -0.2) is 0 Å². The number of carbonyl (C=O) groups is 1. The molecule has 0 aromatic heterocycles. The summed E-state index contributed by atoms with van der Waals surface area (Å²) in [5.74, 6) is -1.43. The summed E-state index contributed by atoms with van der Waals surface area (Å²) < 4.78 is 37.5. The van der Waals surface area contributed by atoms with E-state index in [9.17, 15) is 28.1 Å². The Morgan fingerprint density at radius 1 is 1.45 bits per heavy atom. The van der Waals surface area contributed by atoms with E-state index in [0.29, 0.717) is 4.90 Å². The summed E-state index contributed by atoms with van der Waals surface area (Å²) in [5, 5.41) is 19.2. The third-order valence-electron chi connectivity index (χ3n) is 2.18. The van der Waals surface area contributed by atoms with Gasteiger partial charge in [-0.1, -0.05) is 0 Å². The Kier molecular flexibility index (Phi) is 5.14. The summed E-state index contributed by atoms with van der Waals surface area (Å²) in [6.45, 7) is -2.31. The lowest BCUT2D eigenvalue weighted by atomic mass is 10.2. The summed E-state index contributed by atoms with van der Waals surface area (Å²) in [6, 6.07) is 3.22. The predicted molar refractivity (Wildman–Crippen MR) is 71.7 cm³/mol. The number of anilines is 1. The first-order valence-electron chi connectivity index (χ1n) is 5.07. The fourth-order valence-electron chi connectivity index (χ4n) is 1.47. The van der Waals surface area contributed by atoms with Crippen molar-refractivity contribution in [1.29, 1.82) is 0 Å². The van der Waals surface area contributed by atoms with Crippen LogP contribution in [0, 0.1) is 13.7 Å². The highest BCUT2D eigenvalue weighted by molar-refractivity contribution is 14.1. The van der Waals surface area contributed by atoms with Crippen LogP contribution in [0.1, 0.15) is 0 Å². The zero-order chi connectivity index (χ0) is 15.5. The van der Waals surface area contributed by atoms with Crippen molar-refractivity contribution in [2.45, 2.75) is 6.18 Å². The standard InChI is InChI=1S/C10H8F3IN2O4/c11-10(12,13)5-15(4-9(17)18)8-2-1-6(16(19)20)3-7(8)14/h1-3H,4-5H2,(H,17,18). The van der Waals surface area contributed by atoms with Gasteiger partial charge >= 0.3 is 12.1 Å². The SMILES string of the molecule is O=C(O)CN(CC(F)(F)F)c1ccc([N+](=O)[O-])cc1I. The number of nitro groups is 1. The Labute approximate surface area is 124 Å². The van der Waals surface area contributed by atoms with Gasteiger partial charge in [-0.2, -0.15) is 13.2 Å². The Hall–Kier alpha value is -1.59. The molecule has 0 aliphatic heterocycles. The van der Waals surface area contributed by atoms with Crippen LogP contribution in [0.2, 0.25) is 0 Å². The predicted octanol–water partition coefficient (Wildman–Crippen LogP) is 2.65. The second-order valence-electron chi connectivity index (χ2n) is 3.76. The minimum atomic E-state index is -4.58. The molecule has 0 amide bonds. The first-order chi connectivity index (χ1) is 9.10. The van der Waals surface area contributed by atoms with E-state index in [2.05, 4.69) is 0 Å². The number of rotatable bonds is 5. The van der Waals surface area contributed by atoms with Crippen LogP contribution < -0.4 is 4.90 Å². The number of nitro benzene ring substituents is 1. The summed E-state index contributed by atoms with van der Waals surface area (Å²) >= 11 is 1.63. The van der Waals surface area contributed by atoms with E-state index < -0.39 is 30.2 Å². The van der Waals surface area contributed by atoms with E-state index in [4.69, 9.17) is 5.11 Å². The van der Waals surface area contributed by atoms with E-state index in [1.807, 2.05) is 0 Å². The highest BCUT2D eigenvalue weighted by Gasteiger charge is 2.32. The monoisotopic (exact) mass is 404 g/mol. The van der Waals surface area contributed by atoms with Crippen molar-refractivity contribution < 1.29 is 28.0 Å². The molecule has 20 heavy (non-hydrogen) atoms. The number of hydrogen-bond donors (Lipinski definition) is 1. The minimum Gasteiger partial charge on any atom is -0.480 e. The smallest absolute Gasteiger partial charge is 0.405 e. The Morgan fingerprint density at radius 2 is 2.05 bits per heavy atom. The van der Waals surface area contributed by atoms with Gasteiger partial charge in [-0.3, -0.25) is 14.9 Å². The van der Waals surface area contributed by atoms with Gasteiger partial charge in [-0.05, 0) is 28.7 Å². The number of aliphatic carboxylic acids is 1. The number of alkyl halides is 3. The molecule has 0 spiro atoms. The number of halogens is 4. The molecule has 0 bridgehead atoms. The van der Waals surface area contributed by atoms with E-state index in [1.165, 1.54) is 0 Å². The zero-order valence-corrected chi connectivity index (χ0v) is 11.9. The van der Waals surface area contributed by atoms with E-state index in [-0.39, 0.29) is 14.9 Å². The maximum absolute atomic E-state index is 12.4. The maximum atomic E-state index is 12.4. The van der Waals surface area contributed by atoms with Crippen LogP contribution in [0.5, 0.6) is 0 Å². The Morgan fingerprint density at radius 3 is 2.45 bits per heavy atom. The topological polar surface area (TPSA) is 83.7 Å². The number of non-ortho nitro benzene ring substituents is 1. The molecule has 0 unspecified atom stereocenters. The second-order valence-corrected chi connectivity index (χ2v) is 4.92. The normalized spacial score (nSPS) is 11.2. The molecule has 1 aromatic rings. The lowest BCUT2D eigenvalue weighted by Gasteiger charge is -2.25. The average Bonchev–Trinajstić information content (AvgIpc) is 2.25. The fraction of sp³-hybridized carbons (Fsp3) is 0.300. The van der Waals surface area contributed by atoms with E-state index >= 15 is 0 Å². The molecule has 1 rings (SSSR count). The Bertz CT molecular complexity index is 536. The first-order valence-corrected chi connectivity index (χ1v) is 6.15. The van der Waals surface area contributed by atoms with Gasteiger partial charge in [-0.15, -0.1) is 0 Å². The lowest BCUT2D eigenvalue weighted by molar-refractivity contribution is -0.384. The van der Waals surface area contributed by atoms with Gasteiger partial charge in [0, 0.05) is 15.7 Å². The molecule has 0 atom stereocenters. The molecular weight excluding hydrogens is 396 g/mol. The van der Waals surface area contributed by atoms with Crippen molar-refractivity contribution >= 4 is 39.9 Å². The van der Waals surface area contributed by atoms with Gasteiger partial charge in [0.15, 0.2) is 0 Å². The van der Waals surface area contributed by atoms with Gasteiger partial charge in [0.1, 0.15) is 13.1 Å². The lowest BCUT2D eigenvalue weighted by Crippen LogP contribution is -2.38. The number of nitrogens with zero attached hydrogens (tertiary/aromatic N) is 2. The van der Waals surface area contributed by atoms with Gasteiger partial charge in [0.05, 0.1) is 10.6 Å². The molecule has 0 fully saturated rings. The summed E-state index contributed by atoms with van der Waals surface area (Å²) in [7, 11) is 0. The van der Waals surface area contributed by atoms with Crippen LogP contribution in [-0.4, -0.2) is 35.3 Å². The summed E-state index contributed by atoms with van der Waals surface area (Å²) in [5.41, 5.74) is -0.295. The molecule has 0 radical (unpaired) electrons. The van der Waals surface area contributed by atoms with E-state index in [1.54, 1.807) is 22.6 Å². The largest absolute Gasteiger partial charge is 0.480 e. The average molecular weight is 404 g/mol. The zero-order valence-electron chi connectivity index (χ0n) is 9.72. The van der Waals surface area contributed by atoms with Gasteiger partial charge in [0.2, 0.25) is 0 Å². The van der Waals surface area contributed by atoms with Crippen molar-refractivity contribution in [2.75, 3.05) is 18.0 Å². The maximum Gasteiger partial charge on any atom is 0.405 e. The molecule has 10 heteroatoms. The second kappa shape index (κ2) is 6.24. The van der Waals surface area contributed by atoms with Crippen LogP contribution in [0.25, 0.3) is 0 Å².